The van der Waals surface area contributed by atoms with Crippen LogP contribution in [0.1, 0.15) is 126 Å². The Morgan fingerprint density at radius 2 is 1.12 bits per heavy atom. The second-order valence-electron chi connectivity index (χ2n) is 10.8. The number of benzene rings is 2. The number of methoxy groups -OCH3 is 3. The van der Waals surface area contributed by atoms with E-state index in [9.17, 15) is 4.79 Å². The van der Waals surface area contributed by atoms with E-state index in [1.54, 1.807) is 25.3 Å². The number of rotatable bonds is 24. The topological polar surface area (TPSA) is 44.8 Å². The van der Waals surface area contributed by atoms with Gasteiger partial charge in [-0.05, 0) is 48.1 Å². The highest BCUT2D eigenvalue weighted by molar-refractivity contribution is 7.99. The standard InChI is InChI=1S/C36H54O4S/c1-5-6-7-8-9-10-11-12-13-14-15-16-17-18-19-20-29-41-31-24-21-30(22-25-31)23-26-32(37)35-33(38-2)27-28-34(39-3)36(35)40-4/h21-28H,5-20,29H2,1-4H3. The van der Waals surface area contributed by atoms with Crippen LogP contribution in [0, 0.1) is 0 Å². The van der Waals surface area contributed by atoms with Crippen molar-refractivity contribution in [3.8, 4) is 17.2 Å². The van der Waals surface area contributed by atoms with Gasteiger partial charge in [0.1, 0.15) is 11.3 Å². The molecule has 0 aromatic heterocycles. The molecule has 0 N–H and O–H groups in total. The Labute approximate surface area is 254 Å². The van der Waals surface area contributed by atoms with Gasteiger partial charge in [0.05, 0.1) is 21.3 Å². The lowest BCUT2D eigenvalue weighted by molar-refractivity contribution is 0.104. The molecule has 0 spiro atoms. The lowest BCUT2D eigenvalue weighted by Crippen LogP contribution is -2.04. The van der Waals surface area contributed by atoms with Crippen LogP contribution in [0.4, 0.5) is 0 Å². The van der Waals surface area contributed by atoms with Gasteiger partial charge in [0.15, 0.2) is 17.3 Å². The molecule has 228 valence electrons. The molecule has 0 aliphatic heterocycles. The van der Waals surface area contributed by atoms with Gasteiger partial charge in [-0.15, -0.1) is 11.8 Å². The Morgan fingerprint density at radius 1 is 0.634 bits per heavy atom. The molecule has 4 nitrogen and oxygen atoms in total. The summed E-state index contributed by atoms with van der Waals surface area (Å²) >= 11 is 1.91. The van der Waals surface area contributed by atoms with Crippen LogP contribution in [0.25, 0.3) is 6.08 Å². The number of ketones is 1. The molecule has 0 amide bonds. The second kappa shape index (κ2) is 22.2. The largest absolute Gasteiger partial charge is 0.496 e. The maximum Gasteiger partial charge on any atom is 0.193 e. The minimum absolute atomic E-state index is 0.195. The molecule has 0 atom stereocenters. The summed E-state index contributed by atoms with van der Waals surface area (Å²) in [5.74, 6) is 2.29. The van der Waals surface area contributed by atoms with E-state index in [1.807, 2.05) is 17.8 Å². The maximum atomic E-state index is 13.0. The molecule has 2 aromatic rings. The van der Waals surface area contributed by atoms with Gasteiger partial charge in [0.2, 0.25) is 0 Å². The third-order valence-corrected chi connectivity index (χ3v) is 8.65. The van der Waals surface area contributed by atoms with E-state index in [4.69, 9.17) is 14.2 Å². The Bertz CT molecular complexity index is 999. The molecule has 0 heterocycles. The summed E-state index contributed by atoms with van der Waals surface area (Å²) in [7, 11) is 4.61. The maximum absolute atomic E-state index is 13.0. The fraction of sp³-hybridized carbons (Fsp3) is 0.583. The molecule has 0 saturated carbocycles. The zero-order valence-corrected chi connectivity index (χ0v) is 27.0. The molecule has 41 heavy (non-hydrogen) atoms. The average Bonchev–Trinajstić information content (AvgIpc) is 3.01. The van der Waals surface area contributed by atoms with E-state index in [1.165, 1.54) is 122 Å². The normalized spacial score (nSPS) is 11.2. The van der Waals surface area contributed by atoms with Crippen molar-refractivity contribution in [2.24, 2.45) is 0 Å². The Morgan fingerprint density at radius 3 is 1.61 bits per heavy atom. The van der Waals surface area contributed by atoms with Crippen molar-refractivity contribution in [2.45, 2.75) is 115 Å². The molecule has 2 aromatic carbocycles. The molecule has 0 radical (unpaired) electrons. The minimum Gasteiger partial charge on any atom is -0.496 e. The van der Waals surface area contributed by atoms with Crippen LogP contribution in [0.5, 0.6) is 17.2 Å². The zero-order valence-electron chi connectivity index (χ0n) is 26.2. The number of allylic oxidation sites excluding steroid dienone is 1. The molecule has 2 rings (SSSR count). The van der Waals surface area contributed by atoms with Crippen molar-refractivity contribution < 1.29 is 19.0 Å². The lowest BCUT2D eigenvalue weighted by atomic mass is 10.0. The highest BCUT2D eigenvalue weighted by atomic mass is 32.2. The van der Waals surface area contributed by atoms with E-state index in [0.29, 0.717) is 22.8 Å². The molecular weight excluding hydrogens is 528 g/mol. The summed E-state index contributed by atoms with van der Waals surface area (Å²) < 4.78 is 16.2. The van der Waals surface area contributed by atoms with Crippen molar-refractivity contribution in [1.82, 2.24) is 0 Å². The second-order valence-corrected chi connectivity index (χ2v) is 12.0. The van der Waals surface area contributed by atoms with Gasteiger partial charge in [-0.3, -0.25) is 4.79 Å². The summed E-state index contributed by atoms with van der Waals surface area (Å²) in [5, 5.41) is 0. The summed E-state index contributed by atoms with van der Waals surface area (Å²) in [6, 6.07) is 11.8. The number of hydrogen-bond donors (Lipinski definition) is 0. The number of hydrogen-bond acceptors (Lipinski definition) is 5. The Hall–Kier alpha value is -2.40. The van der Waals surface area contributed by atoms with Crippen LogP contribution >= 0.6 is 11.8 Å². The van der Waals surface area contributed by atoms with Crippen LogP contribution in [0.15, 0.2) is 47.4 Å². The molecular formula is C36H54O4S. The minimum atomic E-state index is -0.195. The van der Waals surface area contributed by atoms with Crippen molar-refractivity contribution >= 4 is 23.6 Å². The van der Waals surface area contributed by atoms with Gasteiger partial charge in [-0.2, -0.15) is 0 Å². The van der Waals surface area contributed by atoms with Crippen LogP contribution < -0.4 is 14.2 Å². The predicted molar refractivity (Wildman–Crippen MR) is 176 cm³/mol. The van der Waals surface area contributed by atoms with Crippen LogP contribution in [0.3, 0.4) is 0 Å². The monoisotopic (exact) mass is 582 g/mol. The molecule has 0 bridgehead atoms. The van der Waals surface area contributed by atoms with Crippen molar-refractivity contribution in [3.05, 3.63) is 53.6 Å². The van der Waals surface area contributed by atoms with E-state index in [-0.39, 0.29) is 5.78 Å². The zero-order chi connectivity index (χ0) is 29.5. The summed E-state index contributed by atoms with van der Waals surface area (Å²) in [4.78, 5) is 14.3. The van der Waals surface area contributed by atoms with E-state index >= 15 is 0 Å². The fourth-order valence-electron chi connectivity index (χ4n) is 5.08. The van der Waals surface area contributed by atoms with Gasteiger partial charge in [-0.1, -0.05) is 121 Å². The Kier molecular flexibility index (Phi) is 18.9. The highest BCUT2D eigenvalue weighted by Gasteiger charge is 2.20. The highest BCUT2D eigenvalue weighted by Crippen LogP contribution is 2.38. The number of carbonyl (C=O) groups is 1. The van der Waals surface area contributed by atoms with Crippen molar-refractivity contribution in [3.63, 3.8) is 0 Å². The average molecular weight is 583 g/mol. The fourth-order valence-corrected chi connectivity index (χ4v) is 6.00. The summed E-state index contributed by atoms with van der Waals surface area (Å²) in [5.41, 5.74) is 1.34. The first-order valence-corrected chi connectivity index (χ1v) is 16.9. The Balaban J connectivity index is 1.57. The summed E-state index contributed by atoms with van der Waals surface area (Å²) in [6.07, 6.45) is 25.8. The first kappa shape index (κ1) is 34.8. The van der Waals surface area contributed by atoms with Gasteiger partial charge < -0.3 is 14.2 Å². The smallest absolute Gasteiger partial charge is 0.193 e. The van der Waals surface area contributed by atoms with Crippen molar-refractivity contribution in [1.29, 1.82) is 0 Å². The summed E-state index contributed by atoms with van der Waals surface area (Å²) in [6.45, 7) is 2.29. The van der Waals surface area contributed by atoms with Crippen molar-refractivity contribution in [2.75, 3.05) is 27.1 Å². The number of carbonyl (C=O) groups excluding carboxylic acids is 1. The molecule has 5 heteroatoms. The predicted octanol–water partition coefficient (Wildman–Crippen LogP) is 11.0. The van der Waals surface area contributed by atoms with Crippen LogP contribution in [0.2, 0.25) is 0 Å². The molecule has 0 aliphatic rings. The van der Waals surface area contributed by atoms with E-state index in [0.717, 1.165) is 11.3 Å². The number of unbranched alkanes of at least 4 members (excludes halogenated alkanes) is 15. The first-order valence-electron chi connectivity index (χ1n) is 15.9. The van der Waals surface area contributed by atoms with Gasteiger partial charge in [0.25, 0.3) is 0 Å². The van der Waals surface area contributed by atoms with Gasteiger partial charge >= 0.3 is 0 Å². The third-order valence-electron chi connectivity index (χ3n) is 7.55. The third kappa shape index (κ3) is 13.9. The van der Waals surface area contributed by atoms with Gasteiger partial charge in [-0.25, -0.2) is 0 Å². The van der Waals surface area contributed by atoms with Crippen LogP contribution in [-0.4, -0.2) is 32.9 Å². The molecule has 0 saturated heterocycles. The van der Waals surface area contributed by atoms with Crippen LogP contribution in [-0.2, 0) is 0 Å². The molecule has 0 unspecified atom stereocenters. The number of ether oxygens (including phenoxy) is 3. The first-order chi connectivity index (χ1) is 20.1. The SMILES string of the molecule is CCCCCCCCCCCCCCCCCCSc1ccc(C=CC(=O)c2c(OC)ccc(OC)c2OC)cc1. The van der Waals surface area contributed by atoms with E-state index in [2.05, 4.69) is 31.2 Å². The lowest BCUT2D eigenvalue weighted by Gasteiger charge is -2.14. The molecule has 0 aliphatic carbocycles. The van der Waals surface area contributed by atoms with Gasteiger partial charge in [0, 0.05) is 4.90 Å². The van der Waals surface area contributed by atoms with E-state index < -0.39 is 0 Å². The quantitative estimate of drug-likeness (QED) is 0.0533. The molecule has 0 fully saturated rings. The number of thioether (sulfide) groups is 1.